The molecule has 1 atom stereocenters. The molecule has 0 fully saturated rings. The standard InChI is InChI=1S/C12H17NO/c1-3-11(14)12(13-4-2)10-8-6-5-7-9-10/h5-9,12-13H,3-4H2,1-2H3. The fourth-order valence-electron chi connectivity index (χ4n) is 1.47. The van der Waals surface area contributed by atoms with Gasteiger partial charge in [-0.3, -0.25) is 4.79 Å². The van der Waals surface area contributed by atoms with Crippen molar-refractivity contribution in [3.05, 3.63) is 35.9 Å². The summed E-state index contributed by atoms with van der Waals surface area (Å²) >= 11 is 0. The van der Waals surface area contributed by atoms with E-state index in [-0.39, 0.29) is 11.8 Å². The molecule has 0 saturated carbocycles. The Morgan fingerprint density at radius 1 is 1.29 bits per heavy atom. The van der Waals surface area contributed by atoms with Gasteiger partial charge in [0.05, 0.1) is 6.04 Å². The molecule has 0 aliphatic rings. The van der Waals surface area contributed by atoms with Gasteiger partial charge in [0, 0.05) is 6.42 Å². The van der Waals surface area contributed by atoms with Crippen LogP contribution in [0.1, 0.15) is 31.9 Å². The largest absolute Gasteiger partial charge is 0.304 e. The first-order valence-electron chi connectivity index (χ1n) is 5.10. The van der Waals surface area contributed by atoms with E-state index >= 15 is 0 Å². The van der Waals surface area contributed by atoms with Crippen LogP contribution in [0.4, 0.5) is 0 Å². The summed E-state index contributed by atoms with van der Waals surface area (Å²) in [7, 11) is 0. The number of benzene rings is 1. The lowest BCUT2D eigenvalue weighted by Crippen LogP contribution is -2.27. The van der Waals surface area contributed by atoms with Gasteiger partial charge in [-0.15, -0.1) is 0 Å². The molecule has 0 heterocycles. The molecule has 0 bridgehead atoms. The molecule has 14 heavy (non-hydrogen) atoms. The molecule has 2 heteroatoms. The quantitative estimate of drug-likeness (QED) is 0.773. The van der Waals surface area contributed by atoms with Crippen LogP contribution in [0.25, 0.3) is 0 Å². The van der Waals surface area contributed by atoms with Gasteiger partial charge < -0.3 is 5.32 Å². The monoisotopic (exact) mass is 191 g/mol. The van der Waals surface area contributed by atoms with E-state index in [4.69, 9.17) is 0 Å². The average Bonchev–Trinajstić information content (AvgIpc) is 2.26. The van der Waals surface area contributed by atoms with Gasteiger partial charge in [-0.25, -0.2) is 0 Å². The molecule has 0 aromatic heterocycles. The Balaban J connectivity index is 2.83. The zero-order valence-electron chi connectivity index (χ0n) is 8.79. The van der Waals surface area contributed by atoms with Crippen LogP contribution in [-0.4, -0.2) is 12.3 Å². The Kier molecular flexibility index (Phi) is 4.33. The van der Waals surface area contributed by atoms with Crippen molar-refractivity contribution < 1.29 is 4.79 Å². The number of rotatable bonds is 5. The lowest BCUT2D eigenvalue weighted by Gasteiger charge is -2.15. The Hall–Kier alpha value is -1.15. The third-order valence-electron chi connectivity index (χ3n) is 2.21. The second-order valence-electron chi connectivity index (χ2n) is 3.22. The van der Waals surface area contributed by atoms with E-state index in [1.807, 2.05) is 44.2 Å². The van der Waals surface area contributed by atoms with Crippen LogP contribution in [0.2, 0.25) is 0 Å². The van der Waals surface area contributed by atoms with Crippen LogP contribution in [-0.2, 0) is 4.79 Å². The molecule has 1 aromatic carbocycles. The highest BCUT2D eigenvalue weighted by Crippen LogP contribution is 2.14. The van der Waals surface area contributed by atoms with Gasteiger partial charge in [0.1, 0.15) is 0 Å². The molecule has 1 rings (SSSR count). The minimum Gasteiger partial charge on any atom is -0.304 e. The van der Waals surface area contributed by atoms with E-state index in [2.05, 4.69) is 5.32 Å². The second-order valence-corrected chi connectivity index (χ2v) is 3.22. The number of hydrogen-bond acceptors (Lipinski definition) is 2. The molecule has 1 N–H and O–H groups in total. The highest BCUT2D eigenvalue weighted by molar-refractivity contribution is 5.85. The first kappa shape index (κ1) is 10.9. The summed E-state index contributed by atoms with van der Waals surface area (Å²) in [5.74, 6) is 0.248. The minimum atomic E-state index is -0.133. The van der Waals surface area contributed by atoms with Crippen LogP contribution in [0.15, 0.2) is 30.3 Å². The number of nitrogens with one attached hydrogen (secondary N) is 1. The third kappa shape index (κ3) is 2.67. The lowest BCUT2D eigenvalue weighted by atomic mass is 10.0. The minimum absolute atomic E-state index is 0.133. The highest BCUT2D eigenvalue weighted by atomic mass is 16.1. The van der Waals surface area contributed by atoms with Gasteiger partial charge in [0.2, 0.25) is 0 Å². The van der Waals surface area contributed by atoms with Gasteiger partial charge in [-0.1, -0.05) is 44.2 Å². The maximum Gasteiger partial charge on any atom is 0.153 e. The predicted octanol–water partition coefficient (Wildman–Crippen LogP) is 2.32. The SMILES string of the molecule is CCNC(C(=O)CC)c1ccccc1. The molecule has 0 amide bonds. The van der Waals surface area contributed by atoms with Gasteiger partial charge >= 0.3 is 0 Å². The topological polar surface area (TPSA) is 29.1 Å². The Bertz CT molecular complexity index is 282. The molecule has 1 unspecified atom stereocenters. The molecular weight excluding hydrogens is 174 g/mol. The normalized spacial score (nSPS) is 12.4. The number of hydrogen-bond donors (Lipinski definition) is 1. The maximum absolute atomic E-state index is 11.6. The predicted molar refractivity (Wildman–Crippen MR) is 58.2 cm³/mol. The van der Waals surface area contributed by atoms with Gasteiger partial charge in [-0.05, 0) is 12.1 Å². The van der Waals surface area contributed by atoms with Crippen LogP contribution < -0.4 is 5.32 Å². The van der Waals surface area contributed by atoms with Crippen molar-refractivity contribution >= 4 is 5.78 Å². The van der Waals surface area contributed by atoms with Crippen molar-refractivity contribution in [2.45, 2.75) is 26.3 Å². The maximum atomic E-state index is 11.6. The van der Waals surface area contributed by atoms with Crippen LogP contribution in [0.5, 0.6) is 0 Å². The smallest absolute Gasteiger partial charge is 0.153 e. The van der Waals surface area contributed by atoms with Crippen molar-refractivity contribution in [2.24, 2.45) is 0 Å². The molecule has 0 spiro atoms. The molecule has 2 nitrogen and oxygen atoms in total. The zero-order chi connectivity index (χ0) is 10.4. The molecule has 0 radical (unpaired) electrons. The van der Waals surface area contributed by atoms with E-state index in [9.17, 15) is 4.79 Å². The van der Waals surface area contributed by atoms with E-state index in [1.165, 1.54) is 0 Å². The fraction of sp³-hybridized carbons (Fsp3) is 0.417. The van der Waals surface area contributed by atoms with Crippen molar-refractivity contribution in [1.82, 2.24) is 5.32 Å². The van der Waals surface area contributed by atoms with Crippen LogP contribution in [0, 0.1) is 0 Å². The Morgan fingerprint density at radius 3 is 2.43 bits per heavy atom. The van der Waals surface area contributed by atoms with Crippen molar-refractivity contribution in [1.29, 1.82) is 0 Å². The first-order chi connectivity index (χ1) is 6.79. The Labute approximate surface area is 85.3 Å². The fourth-order valence-corrected chi connectivity index (χ4v) is 1.47. The molecular formula is C12H17NO. The highest BCUT2D eigenvalue weighted by Gasteiger charge is 2.16. The van der Waals surface area contributed by atoms with Crippen LogP contribution in [0.3, 0.4) is 0 Å². The van der Waals surface area contributed by atoms with E-state index in [0.29, 0.717) is 6.42 Å². The number of likely N-dealkylation sites (N-methyl/N-ethyl adjacent to an activating group) is 1. The summed E-state index contributed by atoms with van der Waals surface area (Å²) in [5, 5.41) is 3.20. The van der Waals surface area contributed by atoms with E-state index < -0.39 is 0 Å². The van der Waals surface area contributed by atoms with Crippen molar-refractivity contribution in [3.8, 4) is 0 Å². The van der Waals surface area contributed by atoms with Gasteiger partial charge in [-0.2, -0.15) is 0 Å². The summed E-state index contributed by atoms with van der Waals surface area (Å²) in [5.41, 5.74) is 1.06. The van der Waals surface area contributed by atoms with Crippen LogP contribution >= 0.6 is 0 Å². The zero-order valence-corrected chi connectivity index (χ0v) is 8.79. The summed E-state index contributed by atoms with van der Waals surface area (Å²) in [6.07, 6.45) is 0.576. The molecule has 0 aliphatic heterocycles. The third-order valence-corrected chi connectivity index (χ3v) is 2.21. The van der Waals surface area contributed by atoms with Crippen molar-refractivity contribution in [3.63, 3.8) is 0 Å². The summed E-state index contributed by atoms with van der Waals surface area (Å²) < 4.78 is 0. The number of carbonyl (C=O) groups is 1. The van der Waals surface area contributed by atoms with Gasteiger partial charge in [0.25, 0.3) is 0 Å². The van der Waals surface area contributed by atoms with E-state index in [1.54, 1.807) is 0 Å². The van der Waals surface area contributed by atoms with Gasteiger partial charge in [0.15, 0.2) is 5.78 Å². The number of ketones is 1. The molecule has 76 valence electrons. The lowest BCUT2D eigenvalue weighted by molar-refractivity contribution is -0.120. The summed E-state index contributed by atoms with van der Waals surface area (Å²) in [6.45, 7) is 4.72. The molecule has 0 aliphatic carbocycles. The molecule has 1 aromatic rings. The number of Topliss-reactive ketones (excluding diaryl/α,β-unsaturated/α-hetero) is 1. The summed E-state index contributed by atoms with van der Waals surface area (Å²) in [4.78, 5) is 11.6. The Morgan fingerprint density at radius 2 is 1.93 bits per heavy atom. The second kappa shape index (κ2) is 5.55. The first-order valence-corrected chi connectivity index (χ1v) is 5.10. The van der Waals surface area contributed by atoms with Crippen molar-refractivity contribution in [2.75, 3.05) is 6.54 Å². The van der Waals surface area contributed by atoms with E-state index in [0.717, 1.165) is 12.1 Å². The summed E-state index contributed by atoms with van der Waals surface area (Å²) in [6, 6.07) is 9.72. The average molecular weight is 191 g/mol. The molecule has 0 saturated heterocycles. The number of carbonyl (C=O) groups excluding carboxylic acids is 1.